The Labute approximate surface area is 254 Å². The fourth-order valence-electron chi connectivity index (χ4n) is 3.98. The van der Waals surface area contributed by atoms with Gasteiger partial charge in [0.15, 0.2) is 0 Å². The minimum absolute atomic E-state index is 0.651. The van der Waals surface area contributed by atoms with Gasteiger partial charge >= 0.3 is 0 Å². The first-order valence-corrected chi connectivity index (χ1v) is 13.9. The van der Waals surface area contributed by atoms with Crippen LogP contribution in [0.3, 0.4) is 0 Å². The van der Waals surface area contributed by atoms with Gasteiger partial charge in [0, 0.05) is 30.2 Å². The topological polar surface area (TPSA) is 118 Å². The number of amidine groups is 1. The molecule has 0 saturated heterocycles. The van der Waals surface area contributed by atoms with E-state index in [0.717, 1.165) is 52.9 Å². The molecule has 0 aromatic heterocycles. The molecule has 0 radical (unpaired) electrons. The van der Waals surface area contributed by atoms with E-state index < -0.39 is 0 Å². The van der Waals surface area contributed by atoms with E-state index >= 15 is 0 Å². The number of nitrogens with zero attached hydrogens (tertiary/aromatic N) is 3. The van der Waals surface area contributed by atoms with E-state index in [1.165, 1.54) is 30.6 Å². The lowest BCUT2D eigenvalue weighted by molar-refractivity contribution is 0.413. The second kappa shape index (κ2) is 22.3. The molecule has 0 saturated carbocycles. The first-order chi connectivity index (χ1) is 20.2. The third-order valence-corrected chi connectivity index (χ3v) is 5.84. The minimum atomic E-state index is 0.651. The van der Waals surface area contributed by atoms with Crippen LogP contribution in [0.4, 0.5) is 5.69 Å². The fourth-order valence-corrected chi connectivity index (χ4v) is 3.98. The zero-order chi connectivity index (χ0) is 31.9. The number of hydrogen-bond acceptors (Lipinski definition) is 6. The number of nitrogens with one attached hydrogen (secondary N) is 1. The maximum Gasteiger partial charge on any atom is 0.139 e. The number of aliphatic imine (C=N–C) groups is 2. The van der Waals surface area contributed by atoms with Crippen molar-refractivity contribution in [1.29, 1.82) is 0 Å². The Balaban J connectivity index is 0.00000315. The summed E-state index contributed by atoms with van der Waals surface area (Å²) in [7, 11) is 5.67. The molecule has 2 rings (SSSR count). The van der Waals surface area contributed by atoms with Crippen molar-refractivity contribution in [2.24, 2.45) is 27.2 Å². The number of aryl methyl sites for hydroxylation is 1. The largest absolute Gasteiger partial charge is 0.405 e. The van der Waals surface area contributed by atoms with E-state index in [1.54, 1.807) is 12.4 Å². The SMILES string of the molecule is C=CN.C=CN=C(Nc1ccc(CCN(C)C)cc1)C(=C\N=C)/C=C(\C)c1ccc(C(/C=C\N)=C/CC)cc1C.CN. The monoisotopic (exact) mass is 569 g/mol. The van der Waals surface area contributed by atoms with Gasteiger partial charge in [-0.1, -0.05) is 56.5 Å². The van der Waals surface area contributed by atoms with Crippen LogP contribution in [0.5, 0.6) is 0 Å². The maximum absolute atomic E-state index is 5.66. The van der Waals surface area contributed by atoms with Gasteiger partial charge in [-0.25, -0.2) is 4.99 Å². The van der Waals surface area contributed by atoms with Crippen LogP contribution in [-0.2, 0) is 6.42 Å². The number of nitrogens with two attached hydrogens (primary N) is 3. The summed E-state index contributed by atoms with van der Waals surface area (Å²) in [6, 6.07) is 14.9. The van der Waals surface area contributed by atoms with Gasteiger partial charge in [-0.15, -0.1) is 0 Å². The molecule has 226 valence electrons. The molecule has 0 unspecified atom stereocenters. The van der Waals surface area contributed by atoms with Gasteiger partial charge in [0.05, 0.1) is 0 Å². The molecule has 0 amide bonds. The summed E-state index contributed by atoms with van der Waals surface area (Å²) in [6.07, 6.45) is 14.2. The molecule has 0 aliphatic heterocycles. The lowest BCUT2D eigenvalue weighted by Crippen LogP contribution is -2.15. The number of likely N-dealkylation sites (N-methyl/N-ethyl adjacent to an activating group) is 1. The smallest absolute Gasteiger partial charge is 0.139 e. The maximum atomic E-state index is 5.66. The summed E-state index contributed by atoms with van der Waals surface area (Å²) in [4.78, 5) is 10.7. The fraction of sp³-hybridized carbons (Fsp3) is 0.257. The van der Waals surface area contributed by atoms with Crippen molar-refractivity contribution < 1.29 is 0 Å². The van der Waals surface area contributed by atoms with Gasteiger partial charge in [-0.05, 0) is 125 Å². The molecule has 2 aromatic carbocycles. The van der Waals surface area contributed by atoms with Crippen LogP contribution in [0.15, 0.2) is 114 Å². The van der Waals surface area contributed by atoms with Gasteiger partial charge in [-0.2, -0.15) is 0 Å². The Morgan fingerprint density at radius 3 is 2.19 bits per heavy atom. The number of benzene rings is 2. The third kappa shape index (κ3) is 13.7. The molecule has 0 bridgehead atoms. The van der Waals surface area contributed by atoms with E-state index in [1.807, 2.05) is 6.08 Å². The van der Waals surface area contributed by atoms with Crippen molar-refractivity contribution in [3.8, 4) is 0 Å². The Morgan fingerprint density at radius 2 is 1.69 bits per heavy atom. The van der Waals surface area contributed by atoms with E-state index in [4.69, 9.17) is 5.73 Å². The second-order valence-electron chi connectivity index (χ2n) is 9.32. The number of hydrogen-bond donors (Lipinski definition) is 4. The second-order valence-corrected chi connectivity index (χ2v) is 9.32. The quantitative estimate of drug-likeness (QED) is 0.129. The zero-order valence-electron chi connectivity index (χ0n) is 26.4. The molecule has 0 fully saturated rings. The van der Waals surface area contributed by atoms with Gasteiger partial charge in [0.2, 0.25) is 0 Å². The van der Waals surface area contributed by atoms with Crippen molar-refractivity contribution in [2.45, 2.75) is 33.6 Å². The van der Waals surface area contributed by atoms with Gasteiger partial charge in [0.1, 0.15) is 5.84 Å². The molecule has 7 heteroatoms. The van der Waals surface area contributed by atoms with Crippen LogP contribution in [0, 0.1) is 6.92 Å². The summed E-state index contributed by atoms with van der Waals surface area (Å²) < 4.78 is 0. The molecule has 7 nitrogen and oxygen atoms in total. The lowest BCUT2D eigenvalue weighted by atomic mass is 9.94. The Kier molecular flexibility index (Phi) is 19.9. The minimum Gasteiger partial charge on any atom is -0.405 e. The van der Waals surface area contributed by atoms with Gasteiger partial charge < -0.3 is 27.4 Å². The summed E-state index contributed by atoms with van der Waals surface area (Å²) in [5.41, 5.74) is 23.5. The molecule has 0 aliphatic rings. The predicted octanol–water partition coefficient (Wildman–Crippen LogP) is 6.67. The number of anilines is 1. The molecular formula is C35H51N7. The van der Waals surface area contributed by atoms with Crippen LogP contribution >= 0.6 is 0 Å². The van der Waals surface area contributed by atoms with Crippen LogP contribution in [0.1, 0.15) is 42.5 Å². The highest BCUT2D eigenvalue weighted by atomic mass is 15.0. The highest BCUT2D eigenvalue weighted by Crippen LogP contribution is 2.26. The van der Waals surface area contributed by atoms with Crippen molar-refractivity contribution >= 4 is 29.4 Å². The molecule has 42 heavy (non-hydrogen) atoms. The molecule has 0 aliphatic carbocycles. The highest BCUT2D eigenvalue weighted by Gasteiger charge is 2.10. The molecule has 0 atom stereocenters. The average molecular weight is 570 g/mol. The summed E-state index contributed by atoms with van der Waals surface area (Å²) in [6.45, 7) is 18.0. The third-order valence-electron chi connectivity index (χ3n) is 5.84. The van der Waals surface area contributed by atoms with Crippen LogP contribution < -0.4 is 22.5 Å². The first-order valence-electron chi connectivity index (χ1n) is 13.9. The van der Waals surface area contributed by atoms with Crippen LogP contribution in [-0.4, -0.2) is 45.1 Å². The Hall–Kier alpha value is -4.46. The number of allylic oxidation sites excluding steroid dienone is 4. The molecule has 7 N–H and O–H groups in total. The molecule has 0 heterocycles. The highest BCUT2D eigenvalue weighted by molar-refractivity contribution is 6.11. The van der Waals surface area contributed by atoms with Crippen molar-refractivity contribution in [3.05, 3.63) is 126 Å². The van der Waals surface area contributed by atoms with E-state index in [2.05, 4.69) is 141 Å². The van der Waals surface area contributed by atoms with E-state index in [9.17, 15) is 0 Å². The molecule has 0 spiro atoms. The Morgan fingerprint density at radius 1 is 1.05 bits per heavy atom. The van der Waals surface area contributed by atoms with Gasteiger partial charge in [-0.3, -0.25) is 4.99 Å². The van der Waals surface area contributed by atoms with E-state index in [0.29, 0.717) is 5.84 Å². The standard InChI is InChI=1S/C32H41N5.C2H5N.CH5N/c1-8-10-27(17-19-33)28-13-16-31(24(3)21-28)25(4)22-29(23-34-5)32(35-9-2)36-30-14-11-26(12-15-30)18-20-37(6)7;1-2-3;1-2/h9-17,19,21-23H,2,5,8,18,20,33H2,1,3-4,6-7H3,(H,35,36);2H,1,3H2;2H2,1H3/b19-17-,25-22+,27-10+,29-23-;;. The Bertz CT molecular complexity index is 1260. The molecule has 2 aromatic rings. The van der Waals surface area contributed by atoms with E-state index in [-0.39, 0.29) is 0 Å². The lowest BCUT2D eigenvalue weighted by Gasteiger charge is -2.14. The number of rotatable bonds is 12. The average Bonchev–Trinajstić information content (AvgIpc) is 2.97. The van der Waals surface area contributed by atoms with Crippen molar-refractivity contribution in [2.75, 3.05) is 33.0 Å². The zero-order valence-corrected chi connectivity index (χ0v) is 26.4. The summed E-state index contributed by atoms with van der Waals surface area (Å²) in [5, 5.41) is 3.42. The van der Waals surface area contributed by atoms with Crippen molar-refractivity contribution in [1.82, 2.24) is 4.90 Å². The normalized spacial score (nSPS) is 12.2. The van der Waals surface area contributed by atoms with Crippen LogP contribution in [0.25, 0.3) is 11.1 Å². The molecular weight excluding hydrogens is 518 g/mol. The summed E-state index contributed by atoms with van der Waals surface area (Å²) in [5.74, 6) is 0.651. The van der Waals surface area contributed by atoms with Crippen molar-refractivity contribution in [3.63, 3.8) is 0 Å². The van der Waals surface area contributed by atoms with Gasteiger partial charge in [0.25, 0.3) is 0 Å². The first kappa shape index (κ1) is 37.5. The van der Waals surface area contributed by atoms with Crippen LogP contribution in [0.2, 0.25) is 0 Å². The predicted molar refractivity (Wildman–Crippen MR) is 189 cm³/mol. The summed E-state index contributed by atoms with van der Waals surface area (Å²) >= 11 is 0.